The summed E-state index contributed by atoms with van der Waals surface area (Å²) in [6.07, 6.45) is 5.57. The predicted octanol–water partition coefficient (Wildman–Crippen LogP) is 3.73. The lowest BCUT2D eigenvalue weighted by molar-refractivity contribution is 0.0977. The molecule has 35 heavy (non-hydrogen) atoms. The summed E-state index contributed by atoms with van der Waals surface area (Å²) in [4.78, 5) is 33.9. The average Bonchev–Trinajstić information content (AvgIpc) is 2.81. The second kappa shape index (κ2) is 9.30. The van der Waals surface area contributed by atoms with Gasteiger partial charge in [-0.1, -0.05) is 6.07 Å². The van der Waals surface area contributed by atoms with Crippen molar-refractivity contribution in [2.24, 2.45) is 0 Å². The van der Waals surface area contributed by atoms with Gasteiger partial charge < -0.3 is 9.73 Å². The fraction of sp³-hybridized carbons (Fsp3) is 0.200. The number of nitrogens with zero attached hydrogens (tertiary/aromatic N) is 2. The molecule has 0 spiro atoms. The van der Waals surface area contributed by atoms with Gasteiger partial charge >= 0.3 is 0 Å². The third kappa shape index (κ3) is 5.07. The standard InChI is InChI=1S/C25H24N4O5S/c1-14-11-18(16(3)28-20-8-6-10-27-21(20)25(31)29-35(4,32)33)24-19(12-14)22(30)15(2)23(34-24)17-7-5-9-26-13-17/h5-13,16,28H,1-4H3,(H,29,31)/t16-/m1/s1. The highest BCUT2D eigenvalue weighted by atomic mass is 32.2. The molecule has 0 unspecified atom stereocenters. The van der Waals surface area contributed by atoms with Crippen molar-refractivity contribution in [1.82, 2.24) is 14.7 Å². The minimum atomic E-state index is -3.77. The Labute approximate surface area is 202 Å². The van der Waals surface area contributed by atoms with Gasteiger partial charge in [-0.05, 0) is 56.7 Å². The smallest absolute Gasteiger partial charge is 0.285 e. The maximum Gasteiger partial charge on any atom is 0.285 e. The van der Waals surface area contributed by atoms with Gasteiger partial charge in [-0.25, -0.2) is 18.1 Å². The number of sulfonamides is 1. The summed E-state index contributed by atoms with van der Waals surface area (Å²) in [5.41, 5.74) is 3.25. The van der Waals surface area contributed by atoms with Crippen molar-refractivity contribution in [3.63, 3.8) is 0 Å². The van der Waals surface area contributed by atoms with Gasteiger partial charge in [-0.3, -0.25) is 14.6 Å². The van der Waals surface area contributed by atoms with Gasteiger partial charge in [0.15, 0.2) is 11.1 Å². The summed E-state index contributed by atoms with van der Waals surface area (Å²) < 4.78 is 31.3. The molecule has 0 fully saturated rings. The number of aromatic nitrogens is 2. The number of hydrogen-bond donors (Lipinski definition) is 2. The molecular formula is C25H24N4O5S. The van der Waals surface area contributed by atoms with E-state index in [1.807, 2.05) is 30.7 Å². The molecule has 4 rings (SSSR count). The van der Waals surface area contributed by atoms with Crippen LogP contribution in [0.25, 0.3) is 22.3 Å². The Morgan fingerprint density at radius 3 is 2.54 bits per heavy atom. The van der Waals surface area contributed by atoms with Gasteiger partial charge in [-0.15, -0.1) is 0 Å². The van der Waals surface area contributed by atoms with Crippen LogP contribution < -0.4 is 15.5 Å². The number of hydrogen-bond acceptors (Lipinski definition) is 8. The molecule has 0 saturated heterocycles. The van der Waals surface area contributed by atoms with Crippen molar-refractivity contribution in [2.75, 3.05) is 11.6 Å². The zero-order chi connectivity index (χ0) is 25.3. The van der Waals surface area contributed by atoms with Gasteiger partial charge in [0.1, 0.15) is 11.3 Å². The van der Waals surface area contributed by atoms with Crippen molar-refractivity contribution in [2.45, 2.75) is 26.8 Å². The topological polar surface area (TPSA) is 131 Å². The molecule has 3 heterocycles. The molecule has 0 aliphatic carbocycles. The second-order valence-electron chi connectivity index (χ2n) is 8.33. The van der Waals surface area contributed by atoms with E-state index in [2.05, 4.69) is 15.3 Å². The van der Waals surface area contributed by atoms with Gasteiger partial charge in [0.2, 0.25) is 10.0 Å². The predicted molar refractivity (Wildman–Crippen MR) is 134 cm³/mol. The molecule has 0 aliphatic heterocycles. The Bertz CT molecular complexity index is 1600. The van der Waals surface area contributed by atoms with Crippen LogP contribution in [0.4, 0.5) is 5.69 Å². The number of carbonyl (C=O) groups excluding carboxylic acids is 1. The minimum Gasteiger partial charge on any atom is -0.455 e. The highest BCUT2D eigenvalue weighted by molar-refractivity contribution is 7.89. The maximum atomic E-state index is 13.3. The highest BCUT2D eigenvalue weighted by Crippen LogP contribution is 2.32. The van der Waals surface area contributed by atoms with Crippen LogP contribution in [-0.4, -0.2) is 30.5 Å². The van der Waals surface area contributed by atoms with E-state index >= 15 is 0 Å². The van der Waals surface area contributed by atoms with E-state index in [0.29, 0.717) is 39.1 Å². The fourth-order valence-electron chi connectivity index (χ4n) is 3.89. The van der Waals surface area contributed by atoms with Gasteiger partial charge in [0, 0.05) is 35.3 Å². The van der Waals surface area contributed by atoms with Gasteiger partial charge in [0.25, 0.3) is 5.91 Å². The molecule has 0 radical (unpaired) electrons. The quantitative estimate of drug-likeness (QED) is 0.416. The van der Waals surface area contributed by atoms with Crippen molar-refractivity contribution in [1.29, 1.82) is 0 Å². The number of anilines is 1. The SMILES string of the molecule is Cc1cc([C@@H](C)Nc2cccnc2C(=O)NS(C)(=O)=O)c2oc(-c3cccnc3)c(C)c(=O)c2c1. The summed E-state index contributed by atoms with van der Waals surface area (Å²) in [7, 11) is -3.77. The monoisotopic (exact) mass is 492 g/mol. The van der Waals surface area contributed by atoms with Crippen LogP contribution in [0.1, 0.15) is 40.1 Å². The van der Waals surface area contributed by atoms with E-state index in [9.17, 15) is 18.0 Å². The van der Waals surface area contributed by atoms with E-state index < -0.39 is 22.0 Å². The number of amides is 1. The summed E-state index contributed by atoms with van der Waals surface area (Å²) in [5.74, 6) is -0.416. The molecule has 0 aliphatic rings. The Balaban J connectivity index is 1.82. The first-order chi connectivity index (χ1) is 16.5. The fourth-order valence-corrected chi connectivity index (χ4v) is 4.33. The average molecular weight is 493 g/mol. The molecule has 180 valence electrons. The van der Waals surface area contributed by atoms with Gasteiger partial charge in [0.05, 0.1) is 23.4 Å². The largest absolute Gasteiger partial charge is 0.455 e. The number of carbonyl (C=O) groups is 1. The molecule has 1 aromatic carbocycles. The molecule has 3 aromatic heterocycles. The van der Waals surface area contributed by atoms with Crippen LogP contribution in [0.3, 0.4) is 0 Å². The molecule has 4 aromatic rings. The summed E-state index contributed by atoms with van der Waals surface area (Å²) in [6.45, 7) is 5.46. The molecule has 1 amide bonds. The summed E-state index contributed by atoms with van der Waals surface area (Å²) in [5, 5.41) is 3.66. The lowest BCUT2D eigenvalue weighted by Gasteiger charge is -2.20. The number of pyridine rings is 2. The zero-order valence-corrected chi connectivity index (χ0v) is 20.4. The lowest BCUT2D eigenvalue weighted by atomic mass is 9.99. The Morgan fingerprint density at radius 1 is 1.11 bits per heavy atom. The lowest BCUT2D eigenvalue weighted by Crippen LogP contribution is -2.30. The van der Waals surface area contributed by atoms with E-state index in [4.69, 9.17) is 4.42 Å². The van der Waals surface area contributed by atoms with Crippen molar-refractivity contribution < 1.29 is 17.6 Å². The number of benzene rings is 1. The Morgan fingerprint density at radius 2 is 1.86 bits per heavy atom. The van der Waals surface area contributed by atoms with Gasteiger partial charge in [-0.2, -0.15) is 0 Å². The van der Waals surface area contributed by atoms with Crippen LogP contribution in [0.2, 0.25) is 0 Å². The third-order valence-corrected chi connectivity index (χ3v) is 6.01. The molecule has 2 N–H and O–H groups in total. The molecule has 0 bridgehead atoms. The van der Waals surface area contributed by atoms with Crippen LogP contribution in [0.5, 0.6) is 0 Å². The first kappa shape index (κ1) is 24.1. The summed E-state index contributed by atoms with van der Waals surface area (Å²) in [6, 6.07) is 10.1. The maximum absolute atomic E-state index is 13.3. The van der Waals surface area contributed by atoms with Crippen LogP contribution in [0, 0.1) is 13.8 Å². The van der Waals surface area contributed by atoms with Crippen molar-refractivity contribution >= 4 is 32.6 Å². The molecule has 0 saturated carbocycles. The third-order valence-electron chi connectivity index (χ3n) is 5.46. The Hall–Kier alpha value is -4.05. The molecule has 1 atom stereocenters. The van der Waals surface area contributed by atoms with Crippen molar-refractivity contribution in [3.8, 4) is 11.3 Å². The van der Waals surface area contributed by atoms with Crippen molar-refractivity contribution in [3.05, 3.63) is 87.6 Å². The summed E-state index contributed by atoms with van der Waals surface area (Å²) >= 11 is 0. The first-order valence-electron chi connectivity index (χ1n) is 10.8. The van der Waals surface area contributed by atoms with E-state index in [0.717, 1.165) is 11.8 Å². The second-order valence-corrected chi connectivity index (χ2v) is 10.1. The highest BCUT2D eigenvalue weighted by Gasteiger charge is 2.22. The number of nitrogens with one attached hydrogen (secondary N) is 2. The first-order valence-corrected chi connectivity index (χ1v) is 12.7. The normalized spacial score (nSPS) is 12.3. The number of aryl methyl sites for hydroxylation is 1. The van der Waals surface area contributed by atoms with E-state index in [-0.39, 0.29) is 11.1 Å². The van der Waals surface area contributed by atoms with Crippen LogP contribution in [-0.2, 0) is 10.0 Å². The van der Waals surface area contributed by atoms with Crippen LogP contribution >= 0.6 is 0 Å². The number of rotatable bonds is 6. The van der Waals surface area contributed by atoms with E-state index in [1.54, 1.807) is 43.6 Å². The van der Waals surface area contributed by atoms with Crippen LogP contribution in [0.15, 0.2) is 64.2 Å². The zero-order valence-electron chi connectivity index (χ0n) is 19.6. The molecule has 10 heteroatoms. The molecule has 9 nitrogen and oxygen atoms in total. The molecular weight excluding hydrogens is 468 g/mol. The van der Waals surface area contributed by atoms with E-state index in [1.165, 1.54) is 6.20 Å². The number of fused-ring (bicyclic) bond motifs is 1. The Kier molecular flexibility index (Phi) is 6.40. The minimum absolute atomic E-state index is 0.0740.